The Bertz CT molecular complexity index is 563. The van der Waals surface area contributed by atoms with E-state index in [1.54, 1.807) is 0 Å². The number of benzene rings is 1. The summed E-state index contributed by atoms with van der Waals surface area (Å²) in [6, 6.07) is 2.26. The lowest BCUT2D eigenvalue weighted by Gasteiger charge is -2.25. The zero-order chi connectivity index (χ0) is 15.6. The van der Waals surface area contributed by atoms with Crippen molar-refractivity contribution >= 4 is 29.3 Å². The average molecular weight is 317 g/mol. The molecule has 1 aliphatic heterocycles. The minimum absolute atomic E-state index is 0.0130. The summed E-state index contributed by atoms with van der Waals surface area (Å²) < 4.78 is 18.3. The Balaban J connectivity index is 2.03. The van der Waals surface area contributed by atoms with E-state index in [-0.39, 0.29) is 23.9 Å². The van der Waals surface area contributed by atoms with Gasteiger partial charge < -0.3 is 20.5 Å². The van der Waals surface area contributed by atoms with E-state index in [1.807, 2.05) is 0 Å². The average Bonchev–Trinajstić information content (AvgIpc) is 2.70. The van der Waals surface area contributed by atoms with Crippen molar-refractivity contribution in [3.05, 3.63) is 29.0 Å². The molecule has 0 saturated carbocycles. The molecule has 2 rings (SSSR count). The fourth-order valence-electron chi connectivity index (χ4n) is 2.04. The van der Waals surface area contributed by atoms with Crippen molar-refractivity contribution in [3.8, 4) is 0 Å². The number of anilines is 1. The normalized spacial score (nSPS) is 24.6. The van der Waals surface area contributed by atoms with Gasteiger partial charge in [-0.05, 0) is 25.1 Å². The van der Waals surface area contributed by atoms with Crippen LogP contribution in [-0.4, -0.2) is 36.4 Å². The van der Waals surface area contributed by atoms with Crippen LogP contribution in [0.3, 0.4) is 0 Å². The first-order valence-electron chi connectivity index (χ1n) is 6.16. The molecule has 0 radical (unpaired) electrons. The van der Waals surface area contributed by atoms with E-state index in [9.17, 15) is 19.1 Å². The Morgan fingerprint density at radius 1 is 1.48 bits per heavy atom. The predicted molar refractivity (Wildman–Crippen MR) is 73.9 cm³/mol. The number of ether oxygens (including phenoxy) is 1. The summed E-state index contributed by atoms with van der Waals surface area (Å²) in [6.45, 7) is 1.60. The number of carboxylic acids is 1. The van der Waals surface area contributed by atoms with Crippen LogP contribution >= 0.6 is 11.6 Å². The lowest BCUT2D eigenvalue weighted by Crippen LogP contribution is -2.50. The number of nitrogens with one attached hydrogen (secondary N) is 2. The maximum absolute atomic E-state index is 13.2. The zero-order valence-corrected chi connectivity index (χ0v) is 11.9. The number of halogens is 2. The molecule has 1 aromatic carbocycles. The highest BCUT2D eigenvalue weighted by atomic mass is 35.5. The number of urea groups is 1. The van der Waals surface area contributed by atoms with Gasteiger partial charge in [0.15, 0.2) is 0 Å². The van der Waals surface area contributed by atoms with Crippen molar-refractivity contribution in [1.29, 1.82) is 0 Å². The molecule has 2 unspecified atom stereocenters. The van der Waals surface area contributed by atoms with E-state index in [4.69, 9.17) is 16.3 Å². The van der Waals surface area contributed by atoms with Crippen LogP contribution in [0, 0.1) is 11.2 Å². The minimum Gasteiger partial charge on any atom is -0.481 e. The second-order valence-corrected chi connectivity index (χ2v) is 5.48. The third-order valence-corrected chi connectivity index (χ3v) is 3.59. The summed E-state index contributed by atoms with van der Waals surface area (Å²) in [4.78, 5) is 23.1. The molecule has 0 spiro atoms. The lowest BCUT2D eigenvalue weighted by molar-refractivity contribution is -0.148. The van der Waals surface area contributed by atoms with Gasteiger partial charge in [0.05, 0.1) is 19.3 Å². The van der Waals surface area contributed by atoms with Crippen molar-refractivity contribution < 1.29 is 23.8 Å². The van der Waals surface area contributed by atoms with Gasteiger partial charge in [-0.25, -0.2) is 9.18 Å². The molecule has 8 heteroatoms. The molecule has 2 atom stereocenters. The van der Waals surface area contributed by atoms with Crippen molar-refractivity contribution in [1.82, 2.24) is 5.32 Å². The van der Waals surface area contributed by atoms with E-state index < -0.39 is 29.3 Å². The van der Waals surface area contributed by atoms with Gasteiger partial charge in [-0.15, -0.1) is 0 Å². The second-order valence-electron chi connectivity index (χ2n) is 5.05. The lowest BCUT2D eigenvalue weighted by atomic mass is 9.85. The number of aliphatic carboxylic acids is 1. The zero-order valence-electron chi connectivity index (χ0n) is 11.2. The SMILES string of the molecule is CC1(C(=O)O)COCC1NC(=O)Nc1cc(F)cc(Cl)c1. The number of carbonyl (C=O) groups is 2. The van der Waals surface area contributed by atoms with E-state index in [2.05, 4.69) is 10.6 Å². The van der Waals surface area contributed by atoms with Gasteiger partial charge in [0.2, 0.25) is 0 Å². The Labute approximate surface area is 125 Å². The van der Waals surface area contributed by atoms with Gasteiger partial charge in [-0.3, -0.25) is 4.79 Å². The van der Waals surface area contributed by atoms with Crippen LogP contribution in [0.5, 0.6) is 0 Å². The van der Waals surface area contributed by atoms with Crippen LogP contribution in [0.15, 0.2) is 18.2 Å². The Morgan fingerprint density at radius 2 is 2.19 bits per heavy atom. The van der Waals surface area contributed by atoms with Crippen molar-refractivity contribution in [2.24, 2.45) is 5.41 Å². The largest absolute Gasteiger partial charge is 0.481 e. The first-order chi connectivity index (χ1) is 9.81. The second kappa shape index (κ2) is 5.87. The van der Waals surface area contributed by atoms with Crippen molar-refractivity contribution in [2.75, 3.05) is 18.5 Å². The molecule has 114 valence electrons. The molecule has 1 aromatic rings. The summed E-state index contributed by atoms with van der Waals surface area (Å²) in [5.74, 6) is -1.64. The molecule has 1 fully saturated rings. The Kier molecular flexibility index (Phi) is 4.34. The minimum atomic E-state index is -1.20. The van der Waals surface area contributed by atoms with Crippen molar-refractivity contribution in [3.63, 3.8) is 0 Å². The molecule has 0 bridgehead atoms. The van der Waals surface area contributed by atoms with Crippen LogP contribution in [-0.2, 0) is 9.53 Å². The molecular formula is C13H14ClFN2O4. The molecule has 3 N–H and O–H groups in total. The molecular weight excluding hydrogens is 303 g/mol. The van der Waals surface area contributed by atoms with Gasteiger partial charge in [-0.2, -0.15) is 0 Å². The van der Waals surface area contributed by atoms with E-state index in [1.165, 1.54) is 13.0 Å². The van der Waals surface area contributed by atoms with Crippen molar-refractivity contribution in [2.45, 2.75) is 13.0 Å². The highest BCUT2D eigenvalue weighted by Gasteiger charge is 2.47. The van der Waals surface area contributed by atoms with Crippen LogP contribution in [0.2, 0.25) is 5.02 Å². The Morgan fingerprint density at radius 3 is 2.81 bits per heavy atom. The number of rotatable bonds is 3. The summed E-state index contributed by atoms with van der Waals surface area (Å²) in [6.07, 6.45) is 0. The number of carbonyl (C=O) groups excluding carboxylic acids is 1. The molecule has 6 nitrogen and oxygen atoms in total. The third kappa shape index (κ3) is 3.43. The molecule has 0 aromatic heterocycles. The van der Waals surface area contributed by atoms with Crippen LogP contribution in [0.25, 0.3) is 0 Å². The number of hydrogen-bond donors (Lipinski definition) is 3. The van der Waals surface area contributed by atoms with Gasteiger partial charge in [0.1, 0.15) is 11.2 Å². The van der Waals surface area contributed by atoms with Gasteiger partial charge in [0, 0.05) is 10.7 Å². The van der Waals surface area contributed by atoms with Gasteiger partial charge in [0.25, 0.3) is 0 Å². The maximum atomic E-state index is 13.2. The summed E-state index contributed by atoms with van der Waals surface area (Å²) in [5, 5.41) is 14.3. The molecule has 1 heterocycles. The standard InChI is InChI=1S/C13H14ClFN2O4/c1-13(11(18)19)6-21-5-10(13)17-12(20)16-9-3-7(14)2-8(15)4-9/h2-4,10H,5-6H2,1H3,(H,18,19)(H2,16,17,20). The summed E-state index contributed by atoms with van der Waals surface area (Å²) >= 11 is 5.68. The molecule has 1 aliphatic rings. The number of amides is 2. The van der Waals surface area contributed by atoms with Gasteiger partial charge in [-0.1, -0.05) is 11.6 Å². The topological polar surface area (TPSA) is 87.7 Å². The highest BCUT2D eigenvalue weighted by molar-refractivity contribution is 6.30. The van der Waals surface area contributed by atoms with Crippen LogP contribution in [0.4, 0.5) is 14.9 Å². The fourth-order valence-corrected chi connectivity index (χ4v) is 2.26. The molecule has 1 saturated heterocycles. The van der Waals surface area contributed by atoms with Crippen LogP contribution < -0.4 is 10.6 Å². The quantitative estimate of drug-likeness (QED) is 0.797. The first kappa shape index (κ1) is 15.5. The predicted octanol–water partition coefficient (Wildman–Crippen LogP) is 2.09. The highest BCUT2D eigenvalue weighted by Crippen LogP contribution is 2.28. The van der Waals surface area contributed by atoms with E-state index in [0.29, 0.717) is 0 Å². The van der Waals surface area contributed by atoms with Crippen LogP contribution in [0.1, 0.15) is 6.92 Å². The summed E-state index contributed by atoms with van der Waals surface area (Å²) in [7, 11) is 0. The molecule has 2 amide bonds. The smallest absolute Gasteiger partial charge is 0.319 e. The number of carboxylic acid groups (broad SMARTS) is 1. The molecule has 0 aliphatic carbocycles. The van der Waals surface area contributed by atoms with Gasteiger partial charge >= 0.3 is 12.0 Å². The van der Waals surface area contributed by atoms with E-state index in [0.717, 1.165) is 12.1 Å². The fraction of sp³-hybridized carbons (Fsp3) is 0.385. The monoisotopic (exact) mass is 316 g/mol. The molecule has 21 heavy (non-hydrogen) atoms. The first-order valence-corrected chi connectivity index (χ1v) is 6.54. The Hall–Kier alpha value is -1.86. The number of hydrogen-bond acceptors (Lipinski definition) is 3. The summed E-state index contributed by atoms with van der Waals surface area (Å²) in [5.41, 5.74) is -1.02. The third-order valence-electron chi connectivity index (χ3n) is 3.37. The van der Waals surface area contributed by atoms with E-state index >= 15 is 0 Å². The maximum Gasteiger partial charge on any atom is 0.319 e.